The minimum absolute atomic E-state index is 0.177. The standard InChI is InChI=1S/C20H28N6O/c1-6-25(16-10-8-7-9-14(16)2)12-11-21-19-23-17-15(18(27)24-19)13-22-26(17)20(3,4)5/h7-10,13H,6,11-12H2,1-5H3,(H2,21,23,24,27). The zero-order valence-corrected chi connectivity index (χ0v) is 16.7. The molecule has 0 unspecified atom stereocenters. The van der Waals surface area contributed by atoms with E-state index >= 15 is 0 Å². The summed E-state index contributed by atoms with van der Waals surface area (Å²) in [5, 5.41) is 8.09. The van der Waals surface area contributed by atoms with Crippen molar-refractivity contribution in [3.8, 4) is 0 Å². The number of fused-ring (bicyclic) bond motifs is 1. The average molecular weight is 368 g/mol. The van der Waals surface area contributed by atoms with Gasteiger partial charge in [-0.25, -0.2) is 4.68 Å². The maximum Gasteiger partial charge on any atom is 0.263 e. The molecule has 0 amide bonds. The van der Waals surface area contributed by atoms with Gasteiger partial charge in [0.05, 0.1) is 11.7 Å². The summed E-state index contributed by atoms with van der Waals surface area (Å²) in [5.41, 5.74) is 2.65. The van der Waals surface area contributed by atoms with E-state index in [1.54, 1.807) is 10.9 Å². The number of hydrogen-bond acceptors (Lipinski definition) is 5. The topological polar surface area (TPSA) is 78.8 Å². The molecule has 0 bridgehead atoms. The molecule has 0 aliphatic rings. The number of aromatic nitrogens is 4. The largest absolute Gasteiger partial charge is 0.370 e. The number of benzene rings is 1. The lowest BCUT2D eigenvalue weighted by Gasteiger charge is -2.25. The number of aryl methyl sites for hydroxylation is 1. The van der Waals surface area contributed by atoms with Crippen LogP contribution in [0.3, 0.4) is 0 Å². The molecule has 7 heteroatoms. The molecule has 0 fully saturated rings. The van der Waals surface area contributed by atoms with E-state index in [4.69, 9.17) is 0 Å². The normalized spacial score (nSPS) is 11.7. The van der Waals surface area contributed by atoms with Crippen LogP contribution in [0.1, 0.15) is 33.3 Å². The highest BCUT2D eigenvalue weighted by molar-refractivity contribution is 5.74. The molecular formula is C20H28N6O. The zero-order valence-electron chi connectivity index (χ0n) is 16.7. The quantitative estimate of drug-likeness (QED) is 0.699. The molecule has 7 nitrogen and oxygen atoms in total. The second kappa shape index (κ2) is 7.42. The van der Waals surface area contributed by atoms with Gasteiger partial charge in [0.25, 0.3) is 5.56 Å². The molecule has 0 aliphatic heterocycles. The van der Waals surface area contributed by atoms with Crippen LogP contribution in [0.2, 0.25) is 0 Å². The molecule has 0 radical (unpaired) electrons. The average Bonchev–Trinajstić information content (AvgIpc) is 3.04. The minimum atomic E-state index is -0.246. The lowest BCUT2D eigenvalue weighted by atomic mass is 10.1. The van der Waals surface area contributed by atoms with Gasteiger partial charge in [0.1, 0.15) is 5.39 Å². The summed E-state index contributed by atoms with van der Waals surface area (Å²) < 4.78 is 1.79. The molecule has 0 atom stereocenters. The fourth-order valence-corrected chi connectivity index (χ4v) is 3.17. The Morgan fingerprint density at radius 3 is 2.67 bits per heavy atom. The van der Waals surface area contributed by atoms with Gasteiger partial charge in [0.15, 0.2) is 5.65 Å². The first-order valence-electron chi connectivity index (χ1n) is 9.34. The zero-order chi connectivity index (χ0) is 19.6. The van der Waals surface area contributed by atoms with Gasteiger partial charge in [-0.3, -0.25) is 9.78 Å². The first-order chi connectivity index (χ1) is 12.8. The Morgan fingerprint density at radius 2 is 2.00 bits per heavy atom. The Kier molecular flexibility index (Phi) is 5.21. The second-order valence-corrected chi connectivity index (χ2v) is 7.67. The van der Waals surface area contributed by atoms with Crippen molar-refractivity contribution in [3.63, 3.8) is 0 Å². The first-order valence-corrected chi connectivity index (χ1v) is 9.34. The smallest absolute Gasteiger partial charge is 0.263 e. The van der Waals surface area contributed by atoms with Crippen LogP contribution in [0.4, 0.5) is 11.6 Å². The van der Waals surface area contributed by atoms with E-state index in [1.807, 2.05) is 26.8 Å². The Bertz CT molecular complexity index is 982. The molecule has 2 N–H and O–H groups in total. The predicted molar refractivity (Wildman–Crippen MR) is 111 cm³/mol. The molecule has 2 heterocycles. The molecule has 0 saturated heterocycles. The Balaban J connectivity index is 1.77. The van der Waals surface area contributed by atoms with Gasteiger partial charge < -0.3 is 10.2 Å². The van der Waals surface area contributed by atoms with Crippen molar-refractivity contribution in [2.45, 2.75) is 40.2 Å². The Hall–Kier alpha value is -2.83. The molecule has 3 aromatic rings. The van der Waals surface area contributed by atoms with Crippen LogP contribution >= 0.6 is 0 Å². The van der Waals surface area contributed by atoms with Gasteiger partial charge in [-0.2, -0.15) is 10.1 Å². The monoisotopic (exact) mass is 368 g/mol. The summed E-state index contributed by atoms with van der Waals surface area (Å²) >= 11 is 0. The van der Waals surface area contributed by atoms with Gasteiger partial charge >= 0.3 is 0 Å². The molecule has 1 aromatic carbocycles. The van der Waals surface area contributed by atoms with E-state index in [9.17, 15) is 4.79 Å². The van der Waals surface area contributed by atoms with Gasteiger partial charge in [-0.15, -0.1) is 0 Å². The third kappa shape index (κ3) is 3.97. The van der Waals surface area contributed by atoms with Crippen LogP contribution in [-0.4, -0.2) is 39.4 Å². The minimum Gasteiger partial charge on any atom is -0.370 e. The summed E-state index contributed by atoms with van der Waals surface area (Å²) in [5.74, 6) is 0.472. The fourth-order valence-electron chi connectivity index (χ4n) is 3.17. The number of para-hydroxylation sites is 1. The predicted octanol–water partition coefficient (Wildman–Crippen LogP) is 3.12. The highest BCUT2D eigenvalue weighted by atomic mass is 16.1. The van der Waals surface area contributed by atoms with E-state index in [1.165, 1.54) is 11.3 Å². The van der Waals surface area contributed by atoms with Crippen molar-refractivity contribution >= 4 is 22.7 Å². The lowest BCUT2D eigenvalue weighted by molar-refractivity contribution is 0.366. The summed E-state index contributed by atoms with van der Waals surface area (Å²) in [6, 6.07) is 8.35. The van der Waals surface area contributed by atoms with Crippen molar-refractivity contribution in [3.05, 3.63) is 46.4 Å². The molecule has 0 aliphatic carbocycles. The van der Waals surface area contributed by atoms with Crippen molar-refractivity contribution in [1.82, 2.24) is 19.7 Å². The Morgan fingerprint density at radius 1 is 1.26 bits per heavy atom. The maximum atomic E-state index is 12.4. The molecule has 27 heavy (non-hydrogen) atoms. The van der Waals surface area contributed by atoms with E-state index in [0.717, 1.165) is 13.1 Å². The third-order valence-corrected chi connectivity index (χ3v) is 4.59. The number of hydrogen-bond donors (Lipinski definition) is 2. The van der Waals surface area contributed by atoms with Crippen molar-refractivity contribution in [2.24, 2.45) is 0 Å². The summed E-state index contributed by atoms with van der Waals surface area (Å²) in [7, 11) is 0. The van der Waals surface area contributed by atoms with Gasteiger partial charge in [-0.05, 0) is 46.2 Å². The number of aromatic amines is 1. The fraction of sp³-hybridized carbons (Fsp3) is 0.450. The highest BCUT2D eigenvalue weighted by Crippen LogP contribution is 2.20. The number of rotatable bonds is 6. The number of anilines is 2. The van der Waals surface area contributed by atoms with Crippen molar-refractivity contribution in [2.75, 3.05) is 29.9 Å². The molecule has 144 valence electrons. The molecule has 0 spiro atoms. The maximum absolute atomic E-state index is 12.4. The van der Waals surface area contributed by atoms with Crippen LogP contribution in [0.5, 0.6) is 0 Å². The van der Waals surface area contributed by atoms with Gasteiger partial charge in [0.2, 0.25) is 5.95 Å². The highest BCUT2D eigenvalue weighted by Gasteiger charge is 2.19. The number of nitrogens with zero attached hydrogens (tertiary/aromatic N) is 4. The van der Waals surface area contributed by atoms with Crippen LogP contribution in [0.25, 0.3) is 11.0 Å². The van der Waals surface area contributed by atoms with Crippen molar-refractivity contribution in [1.29, 1.82) is 0 Å². The molecule has 3 rings (SSSR count). The van der Waals surface area contributed by atoms with E-state index < -0.39 is 0 Å². The SMILES string of the molecule is CCN(CCNc1nc2c(cnn2C(C)(C)C)c(=O)[nH]1)c1ccccc1C. The number of H-pyrrole nitrogens is 1. The van der Waals surface area contributed by atoms with E-state index in [0.29, 0.717) is 23.5 Å². The van der Waals surface area contributed by atoms with E-state index in [-0.39, 0.29) is 11.1 Å². The third-order valence-electron chi connectivity index (χ3n) is 4.59. The molecule has 0 saturated carbocycles. The van der Waals surface area contributed by atoms with Crippen LogP contribution < -0.4 is 15.8 Å². The summed E-state index contributed by atoms with van der Waals surface area (Å²) in [6.07, 6.45) is 1.58. The molecular weight excluding hydrogens is 340 g/mol. The van der Waals surface area contributed by atoms with Gasteiger partial charge in [-0.1, -0.05) is 18.2 Å². The summed E-state index contributed by atoms with van der Waals surface area (Å²) in [4.78, 5) is 22.1. The van der Waals surface area contributed by atoms with Crippen LogP contribution in [-0.2, 0) is 5.54 Å². The number of nitrogens with one attached hydrogen (secondary N) is 2. The Labute approximate surface area is 159 Å². The van der Waals surface area contributed by atoms with Crippen LogP contribution in [0, 0.1) is 6.92 Å². The van der Waals surface area contributed by atoms with Crippen molar-refractivity contribution < 1.29 is 0 Å². The summed E-state index contributed by atoms with van der Waals surface area (Å²) in [6.45, 7) is 12.8. The number of likely N-dealkylation sites (N-methyl/N-ethyl adjacent to an activating group) is 1. The van der Waals surface area contributed by atoms with E-state index in [2.05, 4.69) is 57.3 Å². The first kappa shape index (κ1) is 18.9. The van der Waals surface area contributed by atoms with Gasteiger partial charge in [0, 0.05) is 25.3 Å². The lowest BCUT2D eigenvalue weighted by Crippen LogP contribution is -2.30. The molecule has 2 aromatic heterocycles. The van der Waals surface area contributed by atoms with Crippen LogP contribution in [0.15, 0.2) is 35.3 Å². The second-order valence-electron chi connectivity index (χ2n) is 7.67.